The average Bonchev–Trinajstić information content (AvgIpc) is 4.09. The lowest BCUT2D eigenvalue weighted by Crippen LogP contribution is -2.03. The summed E-state index contributed by atoms with van der Waals surface area (Å²) in [5.41, 5.74) is 12.6. The molecule has 0 fully saturated rings. The molecule has 0 spiro atoms. The fourth-order valence-electron chi connectivity index (χ4n) is 10.9. The van der Waals surface area contributed by atoms with Gasteiger partial charge in [-0.2, -0.15) is 31.6 Å². The van der Waals surface area contributed by atoms with Crippen molar-refractivity contribution < 1.29 is 0 Å². The van der Waals surface area contributed by atoms with E-state index in [-0.39, 0.29) is 33.4 Å². The van der Waals surface area contributed by atoms with Gasteiger partial charge in [0.2, 0.25) is 0 Å². The van der Waals surface area contributed by atoms with Crippen molar-refractivity contribution in [1.82, 2.24) is 29.1 Å². The Bertz CT molecular complexity index is 4900. The molecule has 0 radical (unpaired) electrons. The van der Waals surface area contributed by atoms with Crippen LogP contribution in [0.4, 0.5) is 0 Å². The summed E-state index contributed by atoms with van der Waals surface area (Å²) in [6.45, 7) is 0. The molecule has 4 aromatic heterocycles. The minimum Gasteiger partial charge on any atom is -0.309 e. The van der Waals surface area contributed by atoms with Crippen LogP contribution in [0, 0.1) is 68.0 Å². The molecule has 366 valence electrons. The number of hydrogen-bond donors (Lipinski definition) is 0. The third kappa shape index (κ3) is 7.88. The van der Waals surface area contributed by atoms with Crippen molar-refractivity contribution in [1.29, 1.82) is 31.6 Å². The van der Waals surface area contributed by atoms with Crippen molar-refractivity contribution in [3.63, 3.8) is 0 Å². The molecule has 0 saturated heterocycles. The second-order valence-corrected chi connectivity index (χ2v) is 18.9. The molecule has 0 aliphatic rings. The van der Waals surface area contributed by atoms with Gasteiger partial charge in [0.15, 0.2) is 17.5 Å². The van der Waals surface area contributed by atoms with E-state index in [1.165, 1.54) is 24.3 Å². The van der Waals surface area contributed by atoms with Crippen molar-refractivity contribution in [2.75, 3.05) is 0 Å². The number of benzene rings is 9. The molecule has 0 aliphatic carbocycles. The predicted octanol–water partition coefficient (Wildman–Crippen LogP) is 14.7. The number of hydrogen-bond acceptors (Lipinski definition) is 10. The first-order valence-electron chi connectivity index (χ1n) is 25.2. The SMILES string of the molecule is N#Cc1cc(C#N)c(-c2ccc3c(c2)c2ccccc2n3-c2ccnc(-c3cc(-c4nc(-c5ccccc5)nc(-c5ccccc5)n4)ccc3-n3c4ccccc4c4cc(-c5c(C#N)cc(C#N)cc5C#N)ccc43)c2)c(C#N)c1. The Morgan fingerprint density at radius 1 is 0.325 bits per heavy atom. The Labute approximate surface area is 457 Å². The highest BCUT2D eigenvalue weighted by atomic mass is 15.0. The first kappa shape index (κ1) is 47.4. The Hall–Kier alpha value is -12.3. The van der Waals surface area contributed by atoms with Gasteiger partial charge in [-0.15, -0.1) is 0 Å². The van der Waals surface area contributed by atoms with Gasteiger partial charge < -0.3 is 9.13 Å². The topological polar surface area (TPSA) is 204 Å². The number of para-hydroxylation sites is 2. The fourth-order valence-corrected chi connectivity index (χ4v) is 10.9. The van der Waals surface area contributed by atoms with Crippen molar-refractivity contribution in [3.05, 3.63) is 240 Å². The van der Waals surface area contributed by atoms with Gasteiger partial charge in [0.05, 0.1) is 103 Å². The zero-order valence-corrected chi connectivity index (χ0v) is 42.0. The maximum atomic E-state index is 10.3. The van der Waals surface area contributed by atoms with Crippen LogP contribution in [0.15, 0.2) is 206 Å². The van der Waals surface area contributed by atoms with Gasteiger partial charge in [0.1, 0.15) is 0 Å². The lowest BCUT2D eigenvalue weighted by atomic mass is 9.92. The van der Waals surface area contributed by atoms with Crippen LogP contribution in [0.3, 0.4) is 0 Å². The van der Waals surface area contributed by atoms with Crippen LogP contribution < -0.4 is 0 Å². The van der Waals surface area contributed by atoms with Crippen molar-refractivity contribution in [2.24, 2.45) is 0 Å². The summed E-state index contributed by atoms with van der Waals surface area (Å²) in [6, 6.07) is 76.9. The minimum absolute atomic E-state index is 0.230. The van der Waals surface area contributed by atoms with Gasteiger partial charge in [-0.25, -0.2) is 15.0 Å². The van der Waals surface area contributed by atoms with Crippen LogP contribution in [-0.2, 0) is 0 Å². The third-order valence-corrected chi connectivity index (χ3v) is 14.4. The molecule has 0 N–H and O–H groups in total. The molecule has 0 saturated carbocycles. The van der Waals surface area contributed by atoms with E-state index in [4.69, 9.17) is 19.9 Å². The van der Waals surface area contributed by atoms with Crippen LogP contribution >= 0.6 is 0 Å². The standard InChI is InChI=1S/C68H34N12/c69-35-41-27-48(37-71)64(49(28-41)38-72)45-19-22-61-55(31-45)53-15-7-9-17-59(53)79(61)52-25-26-75-58(34-52)57-33-47(68-77-66(43-11-3-1-4-12-43)76-67(78-68)44-13-5-2-6-14-44)21-24-63(57)80-60-18-10-8-16-54(60)56-32-46(20-23-62(56)80)65-50(39-73)29-42(36-70)30-51(65)40-74/h1-34H. The molecular formula is C68H34N12. The summed E-state index contributed by atoms with van der Waals surface area (Å²) in [7, 11) is 0. The smallest absolute Gasteiger partial charge is 0.164 e. The fraction of sp³-hybridized carbons (Fsp3) is 0. The normalized spacial score (nSPS) is 10.9. The Kier molecular flexibility index (Phi) is 11.5. The molecule has 13 aromatic rings. The van der Waals surface area contributed by atoms with Gasteiger partial charge in [0, 0.05) is 66.8 Å². The van der Waals surface area contributed by atoms with E-state index in [0.717, 1.165) is 71.7 Å². The summed E-state index contributed by atoms with van der Waals surface area (Å²) in [5.74, 6) is 1.49. The largest absolute Gasteiger partial charge is 0.309 e. The molecule has 80 heavy (non-hydrogen) atoms. The number of rotatable bonds is 8. The molecule has 12 heteroatoms. The number of fused-ring (bicyclic) bond motifs is 6. The molecule has 0 unspecified atom stereocenters. The zero-order valence-electron chi connectivity index (χ0n) is 42.0. The highest BCUT2D eigenvalue weighted by Gasteiger charge is 2.23. The maximum absolute atomic E-state index is 10.3. The quantitative estimate of drug-likeness (QED) is 0.141. The first-order chi connectivity index (χ1) is 39.4. The lowest BCUT2D eigenvalue weighted by Gasteiger charge is -2.17. The van der Waals surface area contributed by atoms with E-state index >= 15 is 0 Å². The molecule has 12 nitrogen and oxygen atoms in total. The van der Waals surface area contributed by atoms with E-state index in [2.05, 4.69) is 88.0 Å². The molecular weight excluding hydrogens is 985 g/mol. The molecule has 0 amide bonds. The van der Waals surface area contributed by atoms with Crippen molar-refractivity contribution >= 4 is 43.6 Å². The van der Waals surface area contributed by atoms with Crippen LogP contribution in [0.2, 0.25) is 0 Å². The summed E-state index contributed by atoms with van der Waals surface area (Å²) in [4.78, 5) is 20.4. The van der Waals surface area contributed by atoms with Crippen LogP contribution in [0.25, 0.3) is 123 Å². The maximum Gasteiger partial charge on any atom is 0.164 e. The molecule has 0 bridgehead atoms. The van der Waals surface area contributed by atoms with E-state index in [9.17, 15) is 31.6 Å². The summed E-state index contributed by atoms with van der Waals surface area (Å²) < 4.78 is 4.38. The predicted molar refractivity (Wildman–Crippen MR) is 307 cm³/mol. The van der Waals surface area contributed by atoms with Gasteiger partial charge in [-0.05, 0) is 102 Å². The lowest BCUT2D eigenvalue weighted by molar-refractivity contribution is 1.07. The van der Waals surface area contributed by atoms with E-state index < -0.39 is 0 Å². The van der Waals surface area contributed by atoms with Gasteiger partial charge in [-0.1, -0.05) is 109 Å². The Morgan fingerprint density at radius 3 is 1.24 bits per heavy atom. The van der Waals surface area contributed by atoms with Gasteiger partial charge in [0.25, 0.3) is 0 Å². The van der Waals surface area contributed by atoms with Gasteiger partial charge in [-0.3, -0.25) is 4.98 Å². The average molecular weight is 1020 g/mol. The molecule has 0 atom stereocenters. The summed E-state index contributed by atoms with van der Waals surface area (Å²) >= 11 is 0. The number of pyridine rings is 1. The molecule has 4 heterocycles. The highest BCUT2D eigenvalue weighted by molar-refractivity contribution is 6.12. The molecule has 13 rings (SSSR count). The number of nitriles is 6. The van der Waals surface area contributed by atoms with Crippen LogP contribution in [0.5, 0.6) is 0 Å². The molecule has 0 aliphatic heterocycles. The van der Waals surface area contributed by atoms with Crippen LogP contribution in [-0.4, -0.2) is 29.1 Å². The van der Waals surface area contributed by atoms with Gasteiger partial charge >= 0.3 is 0 Å². The monoisotopic (exact) mass is 1020 g/mol. The minimum atomic E-state index is 0.230. The second kappa shape index (κ2) is 19.4. The molecule has 9 aromatic carbocycles. The summed E-state index contributed by atoms with van der Waals surface area (Å²) in [5, 5.41) is 64.2. The zero-order chi connectivity index (χ0) is 54.4. The van der Waals surface area contributed by atoms with Crippen molar-refractivity contribution in [2.45, 2.75) is 0 Å². The van der Waals surface area contributed by atoms with E-state index in [0.29, 0.717) is 51.0 Å². The first-order valence-corrected chi connectivity index (χ1v) is 25.2. The third-order valence-electron chi connectivity index (χ3n) is 14.4. The number of aromatic nitrogens is 6. The van der Waals surface area contributed by atoms with E-state index in [1.807, 2.05) is 133 Å². The Morgan fingerprint density at radius 2 is 0.750 bits per heavy atom. The van der Waals surface area contributed by atoms with Crippen molar-refractivity contribution in [3.8, 4) is 115 Å². The second-order valence-electron chi connectivity index (χ2n) is 18.9. The highest BCUT2D eigenvalue weighted by Crippen LogP contribution is 2.42. The number of nitrogens with zero attached hydrogens (tertiary/aromatic N) is 12. The van der Waals surface area contributed by atoms with E-state index in [1.54, 1.807) is 6.20 Å². The Balaban J connectivity index is 1.05. The summed E-state index contributed by atoms with van der Waals surface area (Å²) in [6.07, 6.45) is 1.80. The van der Waals surface area contributed by atoms with Crippen LogP contribution in [0.1, 0.15) is 33.4 Å².